The third-order valence-electron chi connectivity index (χ3n) is 7.63. The molecule has 2 aliphatic rings. The molecule has 1 aromatic carbocycles. The molecule has 42 heavy (non-hydrogen) atoms. The number of alkyl halides is 3. The lowest BCUT2D eigenvalue weighted by molar-refractivity contribution is -0.141. The molecule has 0 bridgehead atoms. The zero-order chi connectivity index (χ0) is 30.0. The van der Waals surface area contributed by atoms with Crippen LogP contribution in [0.25, 0.3) is 0 Å². The Balaban J connectivity index is 1.20. The summed E-state index contributed by atoms with van der Waals surface area (Å²) in [6.45, 7) is 9.00. The quantitative estimate of drug-likeness (QED) is 0.405. The van der Waals surface area contributed by atoms with Gasteiger partial charge in [0.15, 0.2) is 5.69 Å². The molecule has 4 heterocycles. The van der Waals surface area contributed by atoms with Crippen LogP contribution in [0.15, 0.2) is 40.9 Å². The Bertz CT molecular complexity index is 1410. The SMILES string of the molecule is Cc1cccc(C)c1NC(=O)N1CCN(c2ccc(NC(=O)c3oc(N4CCCC(C)C4)nc3C(F)(F)F)cn2)CC1. The minimum atomic E-state index is -4.85. The largest absolute Gasteiger partial charge is 0.437 e. The zero-order valence-corrected chi connectivity index (χ0v) is 23.8. The van der Waals surface area contributed by atoms with Crippen LogP contribution < -0.4 is 20.4 Å². The first-order valence-electron chi connectivity index (χ1n) is 14.0. The predicted molar refractivity (Wildman–Crippen MR) is 153 cm³/mol. The van der Waals surface area contributed by atoms with Gasteiger partial charge in [-0.2, -0.15) is 18.2 Å². The van der Waals surface area contributed by atoms with Crippen LogP contribution in [0.3, 0.4) is 0 Å². The van der Waals surface area contributed by atoms with Gasteiger partial charge < -0.3 is 29.8 Å². The molecular formula is C29H34F3N7O3. The molecule has 2 aliphatic heterocycles. The van der Waals surface area contributed by atoms with Crippen molar-refractivity contribution in [1.29, 1.82) is 0 Å². The van der Waals surface area contributed by atoms with Crippen LogP contribution in [0.2, 0.25) is 0 Å². The Labute approximate surface area is 241 Å². The molecule has 1 unspecified atom stereocenters. The Kier molecular flexibility index (Phi) is 8.28. The first kappa shape index (κ1) is 29.2. The molecule has 13 heteroatoms. The van der Waals surface area contributed by atoms with Gasteiger partial charge in [0.05, 0.1) is 11.9 Å². The van der Waals surface area contributed by atoms with Crippen molar-refractivity contribution in [1.82, 2.24) is 14.9 Å². The zero-order valence-electron chi connectivity index (χ0n) is 23.8. The van der Waals surface area contributed by atoms with Crippen molar-refractivity contribution in [2.45, 2.75) is 39.8 Å². The normalized spacial score (nSPS) is 17.8. The third-order valence-corrected chi connectivity index (χ3v) is 7.63. The van der Waals surface area contributed by atoms with Crippen molar-refractivity contribution in [3.05, 3.63) is 59.1 Å². The number of carbonyl (C=O) groups is 2. The fourth-order valence-electron chi connectivity index (χ4n) is 5.32. The lowest BCUT2D eigenvalue weighted by Gasteiger charge is -2.35. The third kappa shape index (κ3) is 6.44. The Morgan fingerprint density at radius 1 is 0.976 bits per heavy atom. The van der Waals surface area contributed by atoms with Crippen LogP contribution in [-0.2, 0) is 6.18 Å². The monoisotopic (exact) mass is 585 g/mol. The number of piperazine rings is 1. The number of pyridine rings is 1. The maximum absolute atomic E-state index is 13.7. The van der Waals surface area contributed by atoms with Crippen LogP contribution >= 0.6 is 0 Å². The van der Waals surface area contributed by atoms with Crippen molar-refractivity contribution in [3.8, 4) is 0 Å². The fraction of sp³-hybridized carbons (Fsp3) is 0.448. The van der Waals surface area contributed by atoms with Gasteiger partial charge in [-0.25, -0.2) is 9.78 Å². The van der Waals surface area contributed by atoms with E-state index in [-0.39, 0.29) is 23.7 Å². The van der Waals surface area contributed by atoms with E-state index in [1.165, 1.54) is 6.20 Å². The maximum Gasteiger partial charge on any atom is 0.437 e. The average Bonchev–Trinajstić information content (AvgIpc) is 3.43. The number of aromatic nitrogens is 2. The summed E-state index contributed by atoms with van der Waals surface area (Å²) in [6.07, 6.45) is -1.70. The number of amides is 3. The highest BCUT2D eigenvalue weighted by atomic mass is 19.4. The number of piperidine rings is 1. The average molecular weight is 586 g/mol. The minimum absolute atomic E-state index is 0.165. The van der Waals surface area contributed by atoms with Crippen molar-refractivity contribution in [3.63, 3.8) is 0 Å². The highest BCUT2D eigenvalue weighted by Crippen LogP contribution is 2.35. The number of anilines is 4. The number of nitrogens with one attached hydrogen (secondary N) is 2. The number of rotatable bonds is 5. The van der Waals surface area contributed by atoms with E-state index >= 15 is 0 Å². The summed E-state index contributed by atoms with van der Waals surface area (Å²) in [4.78, 5) is 39.1. The molecule has 0 radical (unpaired) electrons. The van der Waals surface area contributed by atoms with E-state index in [9.17, 15) is 22.8 Å². The van der Waals surface area contributed by atoms with E-state index in [2.05, 4.69) is 20.6 Å². The summed E-state index contributed by atoms with van der Waals surface area (Å²) in [5.74, 6) is -1.02. The summed E-state index contributed by atoms with van der Waals surface area (Å²) in [7, 11) is 0. The number of hydrogen-bond acceptors (Lipinski definition) is 7. The van der Waals surface area contributed by atoms with Crippen molar-refractivity contribution >= 4 is 35.1 Å². The van der Waals surface area contributed by atoms with Crippen LogP contribution in [0.4, 0.5) is 41.2 Å². The molecule has 2 fully saturated rings. The number of hydrogen-bond donors (Lipinski definition) is 2. The number of carbonyl (C=O) groups excluding carboxylic acids is 2. The predicted octanol–water partition coefficient (Wildman–Crippen LogP) is 5.55. The van der Waals surface area contributed by atoms with E-state index in [1.54, 1.807) is 21.9 Å². The number of halogens is 3. The number of urea groups is 1. The molecule has 10 nitrogen and oxygen atoms in total. The first-order valence-corrected chi connectivity index (χ1v) is 14.0. The smallest absolute Gasteiger partial charge is 0.417 e. The number of aryl methyl sites for hydroxylation is 2. The molecule has 2 N–H and O–H groups in total. The molecule has 224 valence electrons. The van der Waals surface area contributed by atoms with E-state index < -0.39 is 23.5 Å². The molecular weight excluding hydrogens is 551 g/mol. The van der Waals surface area contributed by atoms with E-state index in [0.29, 0.717) is 45.1 Å². The van der Waals surface area contributed by atoms with Gasteiger partial charge in [-0.3, -0.25) is 4.79 Å². The second-order valence-electron chi connectivity index (χ2n) is 10.9. The van der Waals surface area contributed by atoms with E-state index in [0.717, 1.165) is 29.7 Å². The molecule has 3 amide bonds. The van der Waals surface area contributed by atoms with E-state index in [4.69, 9.17) is 4.42 Å². The summed E-state index contributed by atoms with van der Waals surface area (Å²) in [6, 6.07) is 8.73. The molecule has 2 aromatic heterocycles. The second-order valence-corrected chi connectivity index (χ2v) is 10.9. The molecule has 1 atom stereocenters. The van der Waals surface area contributed by atoms with Gasteiger partial charge in [0, 0.05) is 45.0 Å². The molecule has 0 saturated carbocycles. The van der Waals surface area contributed by atoms with Crippen LogP contribution in [-0.4, -0.2) is 66.1 Å². The van der Waals surface area contributed by atoms with Crippen LogP contribution in [0, 0.1) is 19.8 Å². The Morgan fingerprint density at radius 3 is 2.31 bits per heavy atom. The standard InChI is InChI=1S/C29H34F3N7O3/c1-18-6-5-11-39(17-18)28-36-25(29(30,31)32)24(42-28)26(40)34-21-9-10-22(33-16-21)37-12-14-38(15-13-37)27(41)35-23-19(2)7-4-8-20(23)3/h4,7-10,16,18H,5-6,11-15,17H2,1-3H3,(H,34,40)(H,35,41). The topological polar surface area (TPSA) is 107 Å². The van der Waals surface area contributed by atoms with Gasteiger partial charge in [-0.05, 0) is 55.9 Å². The summed E-state index contributed by atoms with van der Waals surface area (Å²) < 4.78 is 46.5. The van der Waals surface area contributed by atoms with Gasteiger partial charge in [-0.15, -0.1) is 0 Å². The second kappa shape index (κ2) is 11.9. The number of benzene rings is 1. The van der Waals surface area contributed by atoms with Crippen molar-refractivity contribution < 1.29 is 27.2 Å². The highest BCUT2D eigenvalue weighted by molar-refractivity contribution is 6.03. The van der Waals surface area contributed by atoms with Gasteiger partial charge >= 0.3 is 12.2 Å². The van der Waals surface area contributed by atoms with Gasteiger partial charge in [0.1, 0.15) is 5.82 Å². The lowest BCUT2D eigenvalue weighted by atomic mass is 10.0. The maximum atomic E-state index is 13.7. The number of nitrogens with zero attached hydrogens (tertiary/aromatic N) is 5. The first-order chi connectivity index (χ1) is 20.0. The van der Waals surface area contributed by atoms with Crippen molar-refractivity contribution in [2.75, 3.05) is 59.7 Å². The number of oxazole rings is 1. The molecule has 5 rings (SSSR count). The Hall–Kier alpha value is -4.29. The van der Waals surface area contributed by atoms with Gasteiger partial charge in [0.25, 0.3) is 11.9 Å². The minimum Gasteiger partial charge on any atom is -0.417 e. The Morgan fingerprint density at radius 2 is 1.69 bits per heavy atom. The summed E-state index contributed by atoms with van der Waals surface area (Å²) in [5.41, 5.74) is 1.67. The van der Waals surface area contributed by atoms with Crippen molar-refractivity contribution in [2.24, 2.45) is 5.92 Å². The van der Waals surface area contributed by atoms with Gasteiger partial charge in [0.2, 0.25) is 5.76 Å². The molecule has 0 aliphatic carbocycles. The number of para-hydroxylation sites is 1. The lowest BCUT2D eigenvalue weighted by Crippen LogP contribution is -2.50. The van der Waals surface area contributed by atoms with Gasteiger partial charge in [-0.1, -0.05) is 25.1 Å². The highest BCUT2D eigenvalue weighted by Gasteiger charge is 2.42. The molecule has 0 spiro atoms. The fourth-order valence-corrected chi connectivity index (χ4v) is 5.32. The van der Waals surface area contributed by atoms with Crippen LogP contribution in [0.1, 0.15) is 47.1 Å². The summed E-state index contributed by atoms with van der Waals surface area (Å²) >= 11 is 0. The summed E-state index contributed by atoms with van der Waals surface area (Å²) in [5, 5.41) is 5.45. The molecule has 2 saturated heterocycles. The van der Waals surface area contributed by atoms with Crippen LogP contribution in [0.5, 0.6) is 0 Å². The molecule has 3 aromatic rings. The van der Waals surface area contributed by atoms with E-state index in [1.807, 2.05) is 43.9 Å².